The number of carbonyl (C=O) groups excluding carboxylic acids is 1. The summed E-state index contributed by atoms with van der Waals surface area (Å²) in [5.41, 5.74) is 1.39. The maximum Gasteiger partial charge on any atom is 0.262 e. The zero-order chi connectivity index (χ0) is 19.7. The van der Waals surface area contributed by atoms with Crippen molar-refractivity contribution < 1.29 is 9.18 Å². The van der Waals surface area contributed by atoms with Crippen molar-refractivity contribution in [3.8, 4) is 0 Å². The molecule has 144 valence electrons. The Kier molecular flexibility index (Phi) is 5.09. The topological polar surface area (TPSA) is 58.1 Å². The number of hydrogen-bond donors (Lipinski definition) is 1. The van der Waals surface area contributed by atoms with Gasteiger partial charge in [0.15, 0.2) is 4.77 Å². The molecular formula is C21H20FN3O2S. The molecule has 1 heterocycles. The van der Waals surface area contributed by atoms with E-state index in [0.717, 1.165) is 18.4 Å². The minimum Gasteiger partial charge on any atom is -0.335 e. The van der Waals surface area contributed by atoms with Gasteiger partial charge in [-0.05, 0) is 54.9 Å². The molecule has 1 N–H and O–H groups in total. The molecule has 0 atom stereocenters. The van der Waals surface area contributed by atoms with Crippen LogP contribution in [0.5, 0.6) is 0 Å². The van der Waals surface area contributed by atoms with Gasteiger partial charge < -0.3 is 9.88 Å². The van der Waals surface area contributed by atoms with Gasteiger partial charge in [-0.1, -0.05) is 24.3 Å². The molecule has 0 spiro atoms. The molecule has 1 fully saturated rings. The Balaban J connectivity index is 1.51. The van der Waals surface area contributed by atoms with Gasteiger partial charge in [0.1, 0.15) is 5.82 Å². The van der Waals surface area contributed by atoms with Crippen molar-refractivity contribution in [2.75, 3.05) is 0 Å². The zero-order valence-corrected chi connectivity index (χ0v) is 16.0. The minimum atomic E-state index is -0.294. The van der Waals surface area contributed by atoms with E-state index < -0.39 is 0 Å². The molecule has 1 aliphatic rings. The third-order valence-corrected chi connectivity index (χ3v) is 5.34. The summed E-state index contributed by atoms with van der Waals surface area (Å²) >= 11 is 5.31. The van der Waals surface area contributed by atoms with Crippen LogP contribution < -0.4 is 5.56 Å². The Morgan fingerprint density at radius 1 is 1.18 bits per heavy atom. The summed E-state index contributed by atoms with van der Waals surface area (Å²) < 4.78 is 14.9. The number of carbonyl (C=O) groups is 1. The monoisotopic (exact) mass is 397 g/mol. The van der Waals surface area contributed by atoms with Crippen LogP contribution in [0.15, 0.2) is 53.3 Å². The summed E-state index contributed by atoms with van der Waals surface area (Å²) in [4.78, 5) is 30.4. The summed E-state index contributed by atoms with van der Waals surface area (Å²) in [6, 6.07) is 13.6. The molecule has 7 heteroatoms. The molecule has 1 aliphatic carbocycles. The highest BCUT2D eigenvalue weighted by Crippen LogP contribution is 2.29. The SMILES string of the molecule is O=C(CCn1c(=S)[nH]c2ccccc2c1=O)N(Cc1ccc(F)cc1)C1CC1. The number of rotatable bonds is 6. The van der Waals surface area contributed by atoms with Crippen molar-refractivity contribution in [1.82, 2.24) is 14.5 Å². The van der Waals surface area contributed by atoms with Crippen molar-refractivity contribution >= 4 is 29.0 Å². The van der Waals surface area contributed by atoms with E-state index in [1.54, 1.807) is 30.3 Å². The first kappa shape index (κ1) is 18.6. The minimum absolute atomic E-state index is 0.0266. The zero-order valence-electron chi connectivity index (χ0n) is 15.2. The number of H-pyrrole nitrogens is 1. The van der Waals surface area contributed by atoms with E-state index in [9.17, 15) is 14.0 Å². The van der Waals surface area contributed by atoms with Crippen LogP contribution in [0.1, 0.15) is 24.8 Å². The average Bonchev–Trinajstić information content (AvgIpc) is 3.52. The molecule has 0 aliphatic heterocycles. The van der Waals surface area contributed by atoms with Crippen molar-refractivity contribution in [2.45, 2.75) is 38.4 Å². The number of amides is 1. The number of fused-ring (bicyclic) bond motifs is 1. The van der Waals surface area contributed by atoms with E-state index in [0.29, 0.717) is 22.2 Å². The number of aromatic amines is 1. The Labute approximate surface area is 166 Å². The molecule has 4 rings (SSSR count). The third kappa shape index (κ3) is 3.89. The molecule has 0 unspecified atom stereocenters. The highest BCUT2D eigenvalue weighted by Gasteiger charge is 2.32. The lowest BCUT2D eigenvalue weighted by atomic mass is 10.2. The van der Waals surface area contributed by atoms with Crippen molar-refractivity contribution in [3.63, 3.8) is 0 Å². The number of para-hydroxylation sites is 1. The number of aromatic nitrogens is 2. The molecule has 2 aromatic carbocycles. The first-order valence-electron chi connectivity index (χ1n) is 9.29. The molecule has 1 saturated carbocycles. The highest BCUT2D eigenvalue weighted by atomic mass is 32.1. The first-order valence-corrected chi connectivity index (χ1v) is 9.69. The smallest absolute Gasteiger partial charge is 0.262 e. The molecule has 1 aromatic heterocycles. The summed E-state index contributed by atoms with van der Waals surface area (Å²) in [7, 11) is 0. The molecule has 5 nitrogen and oxygen atoms in total. The second-order valence-electron chi connectivity index (χ2n) is 7.06. The summed E-state index contributed by atoms with van der Waals surface area (Å²) in [5, 5.41) is 0.550. The predicted octanol–water partition coefficient (Wildman–Crippen LogP) is 3.78. The maximum atomic E-state index is 13.1. The van der Waals surface area contributed by atoms with E-state index >= 15 is 0 Å². The van der Waals surface area contributed by atoms with E-state index in [1.165, 1.54) is 16.7 Å². The number of hydrogen-bond acceptors (Lipinski definition) is 3. The second kappa shape index (κ2) is 7.67. The van der Waals surface area contributed by atoms with Gasteiger partial charge in [0, 0.05) is 25.6 Å². The molecule has 3 aromatic rings. The lowest BCUT2D eigenvalue weighted by molar-refractivity contribution is -0.132. The number of benzene rings is 2. The van der Waals surface area contributed by atoms with Crippen LogP contribution in [-0.2, 0) is 17.9 Å². The van der Waals surface area contributed by atoms with Gasteiger partial charge in [-0.2, -0.15) is 0 Å². The lowest BCUT2D eigenvalue weighted by Crippen LogP contribution is -2.34. The number of nitrogens with zero attached hydrogens (tertiary/aromatic N) is 2. The van der Waals surface area contributed by atoms with Crippen LogP contribution in [0.25, 0.3) is 10.9 Å². The Hall–Kier alpha value is -2.80. The largest absolute Gasteiger partial charge is 0.335 e. The lowest BCUT2D eigenvalue weighted by Gasteiger charge is -2.23. The fourth-order valence-electron chi connectivity index (χ4n) is 3.35. The summed E-state index contributed by atoms with van der Waals surface area (Å²) in [6.07, 6.45) is 2.14. The summed E-state index contributed by atoms with van der Waals surface area (Å²) in [6.45, 7) is 0.674. The van der Waals surface area contributed by atoms with Gasteiger partial charge in [-0.3, -0.25) is 14.2 Å². The highest BCUT2D eigenvalue weighted by molar-refractivity contribution is 7.71. The van der Waals surface area contributed by atoms with Crippen molar-refractivity contribution in [2.24, 2.45) is 0 Å². The van der Waals surface area contributed by atoms with E-state index in [2.05, 4.69) is 4.98 Å². The van der Waals surface area contributed by atoms with Gasteiger partial charge >= 0.3 is 0 Å². The Morgan fingerprint density at radius 3 is 2.61 bits per heavy atom. The van der Waals surface area contributed by atoms with Gasteiger partial charge in [0.05, 0.1) is 10.9 Å². The maximum absolute atomic E-state index is 13.1. The normalized spacial score (nSPS) is 13.6. The number of halogens is 1. The predicted molar refractivity (Wildman–Crippen MR) is 108 cm³/mol. The van der Waals surface area contributed by atoms with Crippen LogP contribution in [0, 0.1) is 10.6 Å². The van der Waals surface area contributed by atoms with Gasteiger partial charge in [-0.15, -0.1) is 0 Å². The van der Waals surface area contributed by atoms with Crippen molar-refractivity contribution in [1.29, 1.82) is 0 Å². The van der Waals surface area contributed by atoms with Crippen LogP contribution in [0.2, 0.25) is 0 Å². The van der Waals surface area contributed by atoms with Crippen LogP contribution in [-0.4, -0.2) is 26.4 Å². The van der Waals surface area contributed by atoms with E-state index in [-0.39, 0.29) is 36.3 Å². The number of nitrogens with one attached hydrogen (secondary N) is 1. The average molecular weight is 397 g/mol. The standard InChI is InChI=1S/C21H20FN3O2S/c22-15-7-5-14(6-8-15)13-25(16-9-10-16)19(26)11-12-24-20(27)17-3-1-2-4-18(17)23-21(24)28/h1-8,16H,9-13H2,(H,23,28). The third-order valence-electron chi connectivity index (χ3n) is 5.01. The second-order valence-corrected chi connectivity index (χ2v) is 7.45. The molecule has 28 heavy (non-hydrogen) atoms. The fraction of sp³-hybridized carbons (Fsp3) is 0.286. The molecule has 0 saturated heterocycles. The fourth-order valence-corrected chi connectivity index (χ4v) is 3.63. The molecule has 1 amide bonds. The molecular weight excluding hydrogens is 377 g/mol. The van der Waals surface area contributed by atoms with Gasteiger partial charge in [0.25, 0.3) is 5.56 Å². The van der Waals surface area contributed by atoms with Gasteiger partial charge in [0.2, 0.25) is 5.91 Å². The first-order chi connectivity index (χ1) is 13.5. The molecule has 0 bridgehead atoms. The van der Waals surface area contributed by atoms with Crippen LogP contribution >= 0.6 is 12.2 Å². The van der Waals surface area contributed by atoms with E-state index in [1.807, 2.05) is 11.0 Å². The van der Waals surface area contributed by atoms with Crippen molar-refractivity contribution in [3.05, 3.63) is 75.0 Å². The quantitative estimate of drug-likeness (QED) is 0.644. The van der Waals surface area contributed by atoms with Crippen LogP contribution in [0.3, 0.4) is 0 Å². The van der Waals surface area contributed by atoms with E-state index in [4.69, 9.17) is 12.2 Å². The van der Waals surface area contributed by atoms with Crippen LogP contribution in [0.4, 0.5) is 4.39 Å². The van der Waals surface area contributed by atoms with Gasteiger partial charge in [-0.25, -0.2) is 4.39 Å². The Bertz CT molecular complexity index is 1130. The molecule has 0 radical (unpaired) electrons. The Morgan fingerprint density at radius 2 is 1.89 bits per heavy atom. The summed E-state index contributed by atoms with van der Waals surface area (Å²) in [5.74, 6) is -0.320.